The SMILES string of the molecule is Nc1cn(-c2cccc(Cl)c2)nc1-c1ccc(F)cc1. The minimum atomic E-state index is -0.290. The van der Waals surface area contributed by atoms with E-state index in [-0.39, 0.29) is 5.82 Å². The van der Waals surface area contributed by atoms with Crippen LogP contribution in [0.3, 0.4) is 0 Å². The van der Waals surface area contributed by atoms with Crippen LogP contribution in [0, 0.1) is 5.82 Å². The van der Waals surface area contributed by atoms with E-state index in [9.17, 15) is 4.39 Å². The number of rotatable bonds is 2. The van der Waals surface area contributed by atoms with Gasteiger partial charge in [-0.1, -0.05) is 17.7 Å². The lowest BCUT2D eigenvalue weighted by Crippen LogP contribution is -1.94. The van der Waals surface area contributed by atoms with E-state index in [1.54, 1.807) is 35.1 Å². The fourth-order valence-corrected chi connectivity index (χ4v) is 2.15. The zero-order valence-electron chi connectivity index (χ0n) is 10.4. The summed E-state index contributed by atoms with van der Waals surface area (Å²) in [6.45, 7) is 0. The number of anilines is 1. The van der Waals surface area contributed by atoms with E-state index in [1.165, 1.54) is 12.1 Å². The van der Waals surface area contributed by atoms with E-state index in [2.05, 4.69) is 5.10 Å². The molecule has 2 N–H and O–H groups in total. The van der Waals surface area contributed by atoms with Crippen LogP contribution in [0.15, 0.2) is 54.7 Å². The molecule has 1 heterocycles. The molecule has 0 saturated heterocycles. The van der Waals surface area contributed by atoms with Crippen LogP contribution in [0.25, 0.3) is 16.9 Å². The van der Waals surface area contributed by atoms with Crippen LogP contribution in [-0.2, 0) is 0 Å². The van der Waals surface area contributed by atoms with Crippen molar-refractivity contribution in [3.05, 3.63) is 65.6 Å². The molecule has 20 heavy (non-hydrogen) atoms. The van der Waals surface area contributed by atoms with E-state index in [4.69, 9.17) is 17.3 Å². The van der Waals surface area contributed by atoms with Crippen molar-refractivity contribution in [3.8, 4) is 16.9 Å². The molecule has 0 unspecified atom stereocenters. The van der Waals surface area contributed by atoms with Crippen LogP contribution in [0.2, 0.25) is 5.02 Å². The Labute approximate surface area is 120 Å². The van der Waals surface area contributed by atoms with Crippen molar-refractivity contribution in [2.75, 3.05) is 5.73 Å². The van der Waals surface area contributed by atoms with Gasteiger partial charge in [-0.25, -0.2) is 9.07 Å². The quantitative estimate of drug-likeness (QED) is 0.776. The summed E-state index contributed by atoms with van der Waals surface area (Å²) in [5.41, 5.74) is 8.70. The molecule has 0 amide bonds. The fourth-order valence-electron chi connectivity index (χ4n) is 1.97. The normalized spacial score (nSPS) is 10.7. The van der Waals surface area contributed by atoms with Gasteiger partial charge in [0.1, 0.15) is 11.5 Å². The molecule has 3 rings (SSSR count). The maximum absolute atomic E-state index is 12.9. The Balaban J connectivity index is 2.05. The van der Waals surface area contributed by atoms with Gasteiger partial charge in [-0.2, -0.15) is 5.10 Å². The molecule has 3 nitrogen and oxygen atoms in total. The second-order valence-electron chi connectivity index (χ2n) is 4.36. The van der Waals surface area contributed by atoms with Crippen LogP contribution in [-0.4, -0.2) is 9.78 Å². The molecule has 1 aromatic heterocycles. The second kappa shape index (κ2) is 4.98. The molecule has 0 radical (unpaired) electrons. The lowest BCUT2D eigenvalue weighted by atomic mass is 10.1. The molecule has 0 aliphatic heterocycles. The third-order valence-corrected chi connectivity index (χ3v) is 3.17. The molecule has 0 spiro atoms. The highest BCUT2D eigenvalue weighted by atomic mass is 35.5. The first kappa shape index (κ1) is 12.7. The maximum Gasteiger partial charge on any atom is 0.123 e. The summed E-state index contributed by atoms with van der Waals surface area (Å²) < 4.78 is 14.6. The minimum absolute atomic E-state index is 0.290. The molecule has 0 atom stereocenters. The number of benzene rings is 2. The van der Waals surface area contributed by atoms with E-state index in [0.29, 0.717) is 16.4 Å². The number of hydrogen-bond acceptors (Lipinski definition) is 2. The zero-order valence-corrected chi connectivity index (χ0v) is 11.2. The van der Waals surface area contributed by atoms with Gasteiger partial charge in [-0.15, -0.1) is 0 Å². The first-order valence-electron chi connectivity index (χ1n) is 6.00. The molecule has 0 fully saturated rings. The lowest BCUT2D eigenvalue weighted by molar-refractivity contribution is 0.628. The van der Waals surface area contributed by atoms with Gasteiger partial charge in [0, 0.05) is 10.6 Å². The molecular formula is C15H11ClFN3. The molecule has 5 heteroatoms. The van der Waals surface area contributed by atoms with Gasteiger partial charge in [-0.3, -0.25) is 0 Å². The van der Waals surface area contributed by atoms with Gasteiger partial charge in [0.05, 0.1) is 17.6 Å². The fraction of sp³-hybridized carbons (Fsp3) is 0. The van der Waals surface area contributed by atoms with E-state index in [0.717, 1.165) is 11.3 Å². The Kier molecular flexibility index (Phi) is 3.16. The van der Waals surface area contributed by atoms with Gasteiger partial charge in [0.2, 0.25) is 0 Å². The summed E-state index contributed by atoms with van der Waals surface area (Å²) in [4.78, 5) is 0. The van der Waals surface area contributed by atoms with Crippen molar-refractivity contribution in [3.63, 3.8) is 0 Å². The van der Waals surface area contributed by atoms with Crippen molar-refractivity contribution < 1.29 is 4.39 Å². The summed E-state index contributed by atoms with van der Waals surface area (Å²) >= 11 is 5.96. The minimum Gasteiger partial charge on any atom is -0.396 e. The van der Waals surface area contributed by atoms with Gasteiger partial charge in [0.15, 0.2) is 0 Å². The largest absolute Gasteiger partial charge is 0.396 e. The van der Waals surface area contributed by atoms with Crippen LogP contribution in [0.5, 0.6) is 0 Å². The third-order valence-electron chi connectivity index (χ3n) is 2.93. The van der Waals surface area contributed by atoms with E-state index < -0.39 is 0 Å². The molecule has 0 bridgehead atoms. The number of aromatic nitrogens is 2. The smallest absolute Gasteiger partial charge is 0.123 e. The highest BCUT2D eigenvalue weighted by molar-refractivity contribution is 6.30. The molecule has 0 aliphatic carbocycles. The molecule has 0 aliphatic rings. The molecule has 3 aromatic rings. The Morgan fingerprint density at radius 1 is 1.10 bits per heavy atom. The van der Waals surface area contributed by atoms with Gasteiger partial charge >= 0.3 is 0 Å². The molecule has 100 valence electrons. The summed E-state index contributed by atoms with van der Waals surface area (Å²) in [7, 11) is 0. The highest BCUT2D eigenvalue weighted by Crippen LogP contribution is 2.26. The Bertz CT molecular complexity index is 750. The Hall–Kier alpha value is -2.33. The average Bonchev–Trinajstić information content (AvgIpc) is 2.82. The number of halogens is 2. The van der Waals surface area contributed by atoms with Crippen molar-refractivity contribution in [1.29, 1.82) is 0 Å². The third kappa shape index (κ3) is 2.38. The van der Waals surface area contributed by atoms with E-state index in [1.807, 2.05) is 12.1 Å². The van der Waals surface area contributed by atoms with Crippen LogP contribution >= 0.6 is 11.6 Å². The predicted molar refractivity (Wildman–Crippen MR) is 78.4 cm³/mol. The number of nitrogen functional groups attached to an aromatic ring is 1. The number of nitrogens with two attached hydrogens (primary N) is 1. The number of hydrogen-bond donors (Lipinski definition) is 1. The topological polar surface area (TPSA) is 43.8 Å². The molecule has 2 aromatic carbocycles. The van der Waals surface area contributed by atoms with Crippen molar-refractivity contribution in [2.45, 2.75) is 0 Å². The summed E-state index contributed by atoms with van der Waals surface area (Å²) in [6.07, 6.45) is 1.71. The van der Waals surface area contributed by atoms with Gasteiger partial charge in [-0.05, 0) is 42.5 Å². The van der Waals surface area contributed by atoms with Crippen LogP contribution < -0.4 is 5.73 Å². The highest BCUT2D eigenvalue weighted by Gasteiger charge is 2.10. The maximum atomic E-state index is 12.9. The van der Waals surface area contributed by atoms with Crippen molar-refractivity contribution in [1.82, 2.24) is 9.78 Å². The second-order valence-corrected chi connectivity index (χ2v) is 4.80. The summed E-state index contributed by atoms with van der Waals surface area (Å²) in [5.74, 6) is -0.290. The zero-order chi connectivity index (χ0) is 14.1. The summed E-state index contributed by atoms with van der Waals surface area (Å²) in [5, 5.41) is 5.06. The van der Waals surface area contributed by atoms with Crippen LogP contribution in [0.4, 0.5) is 10.1 Å². The average molecular weight is 288 g/mol. The lowest BCUT2D eigenvalue weighted by Gasteiger charge is -2.01. The van der Waals surface area contributed by atoms with Gasteiger partial charge < -0.3 is 5.73 Å². The summed E-state index contributed by atoms with van der Waals surface area (Å²) in [6, 6.07) is 13.4. The van der Waals surface area contributed by atoms with Gasteiger partial charge in [0.25, 0.3) is 0 Å². The van der Waals surface area contributed by atoms with Crippen LogP contribution in [0.1, 0.15) is 0 Å². The first-order valence-corrected chi connectivity index (χ1v) is 6.38. The standard InChI is InChI=1S/C15H11ClFN3/c16-11-2-1-3-13(8-11)20-9-14(18)15(19-20)10-4-6-12(17)7-5-10/h1-9H,18H2. The molecular weight excluding hydrogens is 277 g/mol. The Morgan fingerprint density at radius 3 is 2.55 bits per heavy atom. The van der Waals surface area contributed by atoms with E-state index >= 15 is 0 Å². The molecule has 0 saturated carbocycles. The first-order chi connectivity index (χ1) is 9.63. The van der Waals surface area contributed by atoms with Crippen molar-refractivity contribution in [2.24, 2.45) is 0 Å². The number of nitrogens with zero attached hydrogens (tertiary/aromatic N) is 2. The van der Waals surface area contributed by atoms with Crippen molar-refractivity contribution >= 4 is 17.3 Å². The Morgan fingerprint density at radius 2 is 1.85 bits per heavy atom. The predicted octanol–water partition coefficient (Wildman–Crippen LogP) is 3.91. The monoisotopic (exact) mass is 287 g/mol.